The first-order valence-electron chi connectivity index (χ1n) is 8.50. The van der Waals surface area contributed by atoms with Gasteiger partial charge in [0.05, 0.1) is 11.3 Å². The second kappa shape index (κ2) is 6.73. The maximum atomic E-state index is 12.6. The number of rotatable bonds is 3. The number of benzene rings is 1. The number of hydrogen-bond donors (Lipinski definition) is 4. The van der Waals surface area contributed by atoms with Crippen LogP contribution in [0.3, 0.4) is 0 Å². The summed E-state index contributed by atoms with van der Waals surface area (Å²) in [6.45, 7) is 1.22. The Labute approximate surface area is 154 Å². The van der Waals surface area contributed by atoms with E-state index in [4.69, 9.17) is 0 Å². The second-order valence-corrected chi connectivity index (χ2v) is 6.50. The number of phenols is 3. The number of aromatic hydroxyl groups is 3. The third kappa shape index (κ3) is 3.34. The van der Waals surface area contributed by atoms with Crippen LogP contribution in [0.4, 0.5) is 0 Å². The lowest BCUT2D eigenvalue weighted by molar-refractivity contribution is 0.235. The summed E-state index contributed by atoms with van der Waals surface area (Å²) in [5, 5.41) is 29.4. The predicted octanol–water partition coefficient (Wildman–Crippen LogP) is 1.51. The normalized spacial score (nSPS) is 14.1. The van der Waals surface area contributed by atoms with Crippen LogP contribution in [0.2, 0.25) is 0 Å². The molecule has 0 fully saturated rings. The van der Waals surface area contributed by atoms with Crippen molar-refractivity contribution in [1.29, 1.82) is 0 Å². The van der Waals surface area contributed by atoms with Gasteiger partial charge in [0.15, 0.2) is 0 Å². The van der Waals surface area contributed by atoms with Crippen molar-refractivity contribution in [2.45, 2.75) is 19.5 Å². The number of hydrogen-bond acceptors (Lipinski definition) is 7. The molecule has 3 heterocycles. The molecule has 0 unspecified atom stereocenters. The molecule has 27 heavy (non-hydrogen) atoms. The molecule has 0 bridgehead atoms. The van der Waals surface area contributed by atoms with Gasteiger partial charge in [-0.1, -0.05) is 0 Å². The summed E-state index contributed by atoms with van der Waals surface area (Å²) in [6, 6.07) is 5.99. The molecule has 8 nitrogen and oxygen atoms in total. The van der Waals surface area contributed by atoms with Crippen molar-refractivity contribution in [3.05, 3.63) is 63.8 Å². The highest BCUT2D eigenvalue weighted by molar-refractivity contribution is 5.53. The lowest BCUT2D eigenvalue weighted by atomic mass is 10.0. The fourth-order valence-electron chi connectivity index (χ4n) is 3.27. The molecule has 8 heteroatoms. The van der Waals surface area contributed by atoms with Crippen molar-refractivity contribution >= 4 is 0 Å². The summed E-state index contributed by atoms with van der Waals surface area (Å²) < 4.78 is 0. The van der Waals surface area contributed by atoms with Gasteiger partial charge in [0.2, 0.25) is 0 Å². The number of nitrogens with zero attached hydrogens (tertiary/aromatic N) is 3. The molecule has 1 aromatic carbocycles. The molecule has 1 aliphatic heterocycles. The summed E-state index contributed by atoms with van der Waals surface area (Å²) in [5.74, 6) is -0.0787. The minimum atomic E-state index is -0.207. The molecule has 4 rings (SSSR count). The van der Waals surface area contributed by atoms with Gasteiger partial charge in [0.25, 0.3) is 5.56 Å². The van der Waals surface area contributed by atoms with Crippen LogP contribution in [0.25, 0.3) is 11.4 Å². The first-order valence-corrected chi connectivity index (χ1v) is 8.50. The van der Waals surface area contributed by atoms with E-state index in [1.165, 1.54) is 12.1 Å². The van der Waals surface area contributed by atoms with Gasteiger partial charge < -0.3 is 20.3 Å². The fraction of sp³-hybridized carbons (Fsp3) is 0.211. The zero-order valence-corrected chi connectivity index (χ0v) is 14.4. The van der Waals surface area contributed by atoms with Gasteiger partial charge in [-0.2, -0.15) is 0 Å². The van der Waals surface area contributed by atoms with E-state index >= 15 is 0 Å². The van der Waals surface area contributed by atoms with E-state index in [1.807, 2.05) is 11.0 Å². The number of aromatic amines is 1. The lowest BCUT2D eigenvalue weighted by Gasteiger charge is -2.28. The summed E-state index contributed by atoms with van der Waals surface area (Å²) in [7, 11) is 0. The molecular weight excluding hydrogens is 348 g/mol. The Kier molecular flexibility index (Phi) is 4.25. The number of phenolic OH excluding ortho intramolecular Hbond substituents is 3. The zero-order chi connectivity index (χ0) is 19.0. The van der Waals surface area contributed by atoms with Gasteiger partial charge in [-0.05, 0) is 12.1 Å². The first kappa shape index (κ1) is 17.0. The number of H-pyrrole nitrogens is 1. The van der Waals surface area contributed by atoms with Gasteiger partial charge in [-0.3, -0.25) is 14.7 Å². The Balaban J connectivity index is 1.60. The Bertz CT molecular complexity index is 1030. The van der Waals surface area contributed by atoms with Crippen LogP contribution < -0.4 is 5.56 Å². The highest BCUT2D eigenvalue weighted by Gasteiger charge is 2.23. The highest BCUT2D eigenvalue weighted by Crippen LogP contribution is 2.33. The van der Waals surface area contributed by atoms with Crippen molar-refractivity contribution in [2.24, 2.45) is 0 Å². The second-order valence-electron chi connectivity index (χ2n) is 6.50. The Morgan fingerprint density at radius 1 is 1.19 bits per heavy atom. The number of pyridine rings is 1. The molecule has 0 spiro atoms. The molecule has 0 amide bonds. The third-order valence-corrected chi connectivity index (χ3v) is 4.65. The van der Waals surface area contributed by atoms with Gasteiger partial charge in [-0.15, -0.1) is 0 Å². The topological polar surface area (TPSA) is 123 Å². The van der Waals surface area contributed by atoms with Gasteiger partial charge in [0, 0.05) is 61.7 Å². The number of nitrogens with one attached hydrogen (secondary N) is 1. The third-order valence-electron chi connectivity index (χ3n) is 4.65. The van der Waals surface area contributed by atoms with Crippen LogP contribution in [0, 0.1) is 0 Å². The smallest absolute Gasteiger partial charge is 0.255 e. The largest absolute Gasteiger partial charge is 0.508 e. The fourth-order valence-corrected chi connectivity index (χ4v) is 3.27. The van der Waals surface area contributed by atoms with Crippen molar-refractivity contribution in [1.82, 2.24) is 19.9 Å². The molecule has 0 saturated heterocycles. The monoisotopic (exact) mass is 366 g/mol. The molecule has 4 N–H and O–H groups in total. The summed E-state index contributed by atoms with van der Waals surface area (Å²) in [5.41, 5.74) is 2.17. The van der Waals surface area contributed by atoms with E-state index in [2.05, 4.69) is 15.0 Å². The van der Waals surface area contributed by atoms with E-state index in [0.717, 1.165) is 11.3 Å². The van der Waals surface area contributed by atoms with E-state index in [9.17, 15) is 20.1 Å². The van der Waals surface area contributed by atoms with Gasteiger partial charge >= 0.3 is 0 Å². The number of fused-ring (bicyclic) bond motifs is 1. The van der Waals surface area contributed by atoms with Crippen molar-refractivity contribution in [2.75, 3.05) is 6.54 Å². The zero-order valence-electron chi connectivity index (χ0n) is 14.4. The van der Waals surface area contributed by atoms with E-state index in [0.29, 0.717) is 36.5 Å². The quantitative estimate of drug-likeness (QED) is 0.554. The predicted molar refractivity (Wildman–Crippen MR) is 97.3 cm³/mol. The Morgan fingerprint density at radius 3 is 2.67 bits per heavy atom. The van der Waals surface area contributed by atoms with Crippen LogP contribution in [0.5, 0.6) is 17.2 Å². The van der Waals surface area contributed by atoms with Gasteiger partial charge in [0.1, 0.15) is 23.1 Å². The minimum absolute atomic E-state index is 0.183. The molecule has 0 radical (unpaired) electrons. The highest BCUT2D eigenvalue weighted by atomic mass is 16.3. The van der Waals surface area contributed by atoms with Crippen molar-refractivity contribution in [3.63, 3.8) is 0 Å². The van der Waals surface area contributed by atoms with E-state index in [-0.39, 0.29) is 29.4 Å². The minimum Gasteiger partial charge on any atom is -0.508 e. The lowest BCUT2D eigenvalue weighted by Crippen LogP contribution is -2.35. The number of aromatic nitrogens is 3. The maximum absolute atomic E-state index is 12.6. The SMILES string of the molecule is O=c1[nH]c(-c2cccnc2)nc2c1CN(Cc1c(O)cc(O)cc1O)CC2. The average Bonchev–Trinajstić information content (AvgIpc) is 2.65. The van der Waals surface area contributed by atoms with E-state index in [1.54, 1.807) is 18.5 Å². The Morgan fingerprint density at radius 2 is 1.96 bits per heavy atom. The molecule has 0 aliphatic carbocycles. The van der Waals surface area contributed by atoms with Crippen LogP contribution in [0.15, 0.2) is 41.5 Å². The van der Waals surface area contributed by atoms with Crippen molar-refractivity contribution in [3.8, 4) is 28.6 Å². The molecule has 138 valence electrons. The van der Waals surface area contributed by atoms with E-state index < -0.39 is 0 Å². The van der Waals surface area contributed by atoms with Gasteiger partial charge in [-0.25, -0.2) is 4.98 Å². The standard InChI is InChI=1S/C19H18N4O4/c24-12-6-16(25)14(17(26)7-12)10-23-5-3-15-13(9-23)19(27)22-18(21-15)11-2-1-4-20-8-11/h1-2,4,6-8,24-26H,3,5,9-10H2,(H,21,22,27). The molecule has 0 saturated carbocycles. The molecular formula is C19H18N4O4. The summed E-state index contributed by atoms with van der Waals surface area (Å²) in [6.07, 6.45) is 3.88. The molecule has 1 aliphatic rings. The first-order chi connectivity index (χ1) is 13.0. The van der Waals surface area contributed by atoms with Crippen molar-refractivity contribution < 1.29 is 15.3 Å². The van der Waals surface area contributed by atoms with Crippen LogP contribution in [0.1, 0.15) is 16.8 Å². The maximum Gasteiger partial charge on any atom is 0.255 e. The molecule has 0 atom stereocenters. The van der Waals surface area contributed by atoms with Crippen LogP contribution in [-0.4, -0.2) is 41.7 Å². The van der Waals surface area contributed by atoms with Crippen LogP contribution in [-0.2, 0) is 19.5 Å². The Hall–Kier alpha value is -3.39. The summed E-state index contributed by atoms with van der Waals surface area (Å²) >= 11 is 0. The van der Waals surface area contributed by atoms with Crippen LogP contribution >= 0.6 is 0 Å². The summed E-state index contributed by atoms with van der Waals surface area (Å²) in [4.78, 5) is 25.9. The average molecular weight is 366 g/mol. The molecule has 3 aromatic rings. The molecule has 2 aromatic heterocycles.